The largest absolute Gasteiger partial charge is 0.329 e. The van der Waals surface area contributed by atoms with E-state index in [2.05, 4.69) is 25.8 Å². The Morgan fingerprint density at radius 3 is 2.50 bits per heavy atom. The van der Waals surface area contributed by atoms with Crippen molar-refractivity contribution in [1.82, 2.24) is 4.90 Å². The first kappa shape index (κ1) is 12.0. The Balaban J connectivity index is 2.39. The van der Waals surface area contributed by atoms with Crippen molar-refractivity contribution in [2.45, 2.75) is 51.5 Å². The summed E-state index contributed by atoms with van der Waals surface area (Å²) in [5.74, 6) is 0.965. The van der Waals surface area contributed by atoms with E-state index in [1.54, 1.807) is 0 Å². The van der Waals surface area contributed by atoms with Gasteiger partial charge in [-0.1, -0.05) is 26.2 Å². The van der Waals surface area contributed by atoms with Crippen LogP contribution in [0.25, 0.3) is 0 Å². The predicted octanol–water partition coefficient (Wildman–Crippen LogP) is 2.24. The second-order valence-corrected chi connectivity index (χ2v) is 5.12. The van der Waals surface area contributed by atoms with Crippen LogP contribution in [-0.2, 0) is 0 Å². The maximum atomic E-state index is 5.91. The summed E-state index contributed by atoms with van der Waals surface area (Å²) >= 11 is 0. The van der Waals surface area contributed by atoms with Crippen LogP contribution in [0, 0.1) is 5.92 Å². The molecule has 0 aromatic rings. The number of nitrogens with zero attached hydrogens (tertiary/aromatic N) is 1. The van der Waals surface area contributed by atoms with Gasteiger partial charge in [0, 0.05) is 12.1 Å². The first-order valence-corrected chi connectivity index (χ1v) is 6.03. The summed E-state index contributed by atoms with van der Waals surface area (Å²) in [7, 11) is 2.23. The number of rotatable bonds is 7. The lowest BCUT2D eigenvalue weighted by Gasteiger charge is -2.38. The Kier molecular flexibility index (Phi) is 4.39. The fourth-order valence-corrected chi connectivity index (χ4v) is 2.00. The molecule has 1 fully saturated rings. The number of likely N-dealkylation sites (N-methyl/N-ethyl adjacent to an activating group) is 1. The summed E-state index contributed by atoms with van der Waals surface area (Å²) in [6.45, 7) is 6.55. The van der Waals surface area contributed by atoms with Gasteiger partial charge in [0.2, 0.25) is 0 Å². The van der Waals surface area contributed by atoms with E-state index in [1.165, 1.54) is 38.6 Å². The topological polar surface area (TPSA) is 29.3 Å². The number of hydrogen-bond acceptors (Lipinski definition) is 2. The van der Waals surface area contributed by atoms with Crippen LogP contribution in [-0.4, -0.2) is 30.6 Å². The number of nitrogens with two attached hydrogens (primary N) is 1. The Bertz CT molecular complexity index is 166. The van der Waals surface area contributed by atoms with Crippen molar-refractivity contribution in [1.29, 1.82) is 0 Å². The lowest BCUT2D eigenvalue weighted by Crippen LogP contribution is -2.50. The molecule has 0 aromatic heterocycles. The van der Waals surface area contributed by atoms with Crippen molar-refractivity contribution >= 4 is 0 Å². The maximum absolute atomic E-state index is 5.91. The minimum absolute atomic E-state index is 0.246. The monoisotopic (exact) mass is 198 g/mol. The van der Waals surface area contributed by atoms with E-state index in [9.17, 15) is 0 Å². The molecule has 1 saturated carbocycles. The summed E-state index contributed by atoms with van der Waals surface area (Å²) in [6, 6.07) is 0. The van der Waals surface area contributed by atoms with Crippen LogP contribution in [0.3, 0.4) is 0 Å². The van der Waals surface area contributed by atoms with Gasteiger partial charge in [0.15, 0.2) is 0 Å². The first-order chi connectivity index (χ1) is 6.62. The van der Waals surface area contributed by atoms with Gasteiger partial charge in [-0.2, -0.15) is 0 Å². The SMILES string of the molecule is CCCCN(C)C(C)(CN)CC1CC1. The zero-order valence-corrected chi connectivity index (χ0v) is 10.1. The Morgan fingerprint density at radius 1 is 1.43 bits per heavy atom. The smallest absolute Gasteiger partial charge is 0.0303 e. The molecule has 0 aromatic carbocycles. The van der Waals surface area contributed by atoms with Gasteiger partial charge in [-0.15, -0.1) is 0 Å². The van der Waals surface area contributed by atoms with Gasteiger partial charge in [-0.05, 0) is 39.3 Å². The van der Waals surface area contributed by atoms with Crippen LogP contribution in [0.5, 0.6) is 0 Å². The van der Waals surface area contributed by atoms with Crippen molar-refractivity contribution in [3.63, 3.8) is 0 Å². The van der Waals surface area contributed by atoms with Crippen molar-refractivity contribution in [2.75, 3.05) is 20.1 Å². The molecule has 0 heterocycles. The van der Waals surface area contributed by atoms with E-state index in [4.69, 9.17) is 5.73 Å². The van der Waals surface area contributed by atoms with Crippen molar-refractivity contribution in [3.05, 3.63) is 0 Å². The molecule has 0 bridgehead atoms. The summed E-state index contributed by atoms with van der Waals surface area (Å²) in [6.07, 6.45) is 6.71. The minimum Gasteiger partial charge on any atom is -0.329 e. The van der Waals surface area contributed by atoms with Crippen molar-refractivity contribution in [2.24, 2.45) is 11.7 Å². The van der Waals surface area contributed by atoms with Gasteiger partial charge < -0.3 is 5.73 Å². The molecule has 2 heteroatoms. The zero-order chi connectivity index (χ0) is 10.6. The van der Waals surface area contributed by atoms with Crippen LogP contribution < -0.4 is 5.73 Å². The fourth-order valence-electron chi connectivity index (χ4n) is 2.00. The van der Waals surface area contributed by atoms with E-state index in [-0.39, 0.29) is 5.54 Å². The van der Waals surface area contributed by atoms with Crippen LogP contribution in [0.4, 0.5) is 0 Å². The van der Waals surface area contributed by atoms with Gasteiger partial charge in [-0.3, -0.25) is 4.90 Å². The molecule has 2 N–H and O–H groups in total. The van der Waals surface area contributed by atoms with Crippen LogP contribution in [0.1, 0.15) is 46.0 Å². The third-order valence-corrected chi connectivity index (χ3v) is 3.63. The lowest BCUT2D eigenvalue weighted by atomic mass is 9.93. The summed E-state index contributed by atoms with van der Waals surface area (Å²) in [4.78, 5) is 2.47. The molecule has 1 rings (SSSR count). The normalized spacial score (nSPS) is 21.2. The highest BCUT2D eigenvalue weighted by atomic mass is 15.2. The maximum Gasteiger partial charge on any atom is 0.0303 e. The van der Waals surface area contributed by atoms with Gasteiger partial charge in [0.25, 0.3) is 0 Å². The highest BCUT2D eigenvalue weighted by Gasteiger charge is 2.34. The summed E-state index contributed by atoms with van der Waals surface area (Å²) in [5.41, 5.74) is 6.16. The molecule has 14 heavy (non-hydrogen) atoms. The van der Waals surface area contributed by atoms with Crippen molar-refractivity contribution < 1.29 is 0 Å². The summed E-state index contributed by atoms with van der Waals surface area (Å²) < 4.78 is 0. The van der Waals surface area contributed by atoms with Crippen LogP contribution >= 0.6 is 0 Å². The van der Waals surface area contributed by atoms with Crippen LogP contribution in [0.2, 0.25) is 0 Å². The van der Waals surface area contributed by atoms with Crippen molar-refractivity contribution in [3.8, 4) is 0 Å². The summed E-state index contributed by atoms with van der Waals surface area (Å²) in [5, 5.41) is 0. The minimum atomic E-state index is 0.246. The van der Waals surface area contributed by atoms with Gasteiger partial charge in [-0.25, -0.2) is 0 Å². The second-order valence-electron chi connectivity index (χ2n) is 5.12. The number of hydrogen-bond donors (Lipinski definition) is 1. The fraction of sp³-hybridized carbons (Fsp3) is 1.00. The molecule has 0 spiro atoms. The third kappa shape index (κ3) is 3.25. The lowest BCUT2D eigenvalue weighted by molar-refractivity contribution is 0.125. The molecular formula is C12H26N2. The molecule has 0 aliphatic heterocycles. The highest BCUT2D eigenvalue weighted by molar-refractivity contribution is 4.91. The quantitative estimate of drug-likeness (QED) is 0.680. The average molecular weight is 198 g/mol. The Hall–Kier alpha value is -0.0800. The van der Waals surface area contributed by atoms with Gasteiger partial charge >= 0.3 is 0 Å². The highest BCUT2D eigenvalue weighted by Crippen LogP contribution is 2.38. The number of unbranched alkanes of at least 4 members (excludes halogenated alkanes) is 1. The molecule has 1 atom stereocenters. The van der Waals surface area contributed by atoms with E-state index in [0.717, 1.165) is 12.5 Å². The van der Waals surface area contributed by atoms with Crippen LogP contribution in [0.15, 0.2) is 0 Å². The van der Waals surface area contributed by atoms with E-state index in [1.807, 2.05) is 0 Å². The first-order valence-electron chi connectivity index (χ1n) is 6.03. The van der Waals surface area contributed by atoms with E-state index >= 15 is 0 Å². The molecule has 1 aliphatic carbocycles. The second kappa shape index (κ2) is 5.13. The molecule has 2 nitrogen and oxygen atoms in total. The van der Waals surface area contributed by atoms with Gasteiger partial charge in [0.1, 0.15) is 0 Å². The molecule has 1 aliphatic rings. The molecule has 0 amide bonds. The molecule has 0 saturated heterocycles. The Labute approximate surface area is 88.8 Å². The zero-order valence-electron chi connectivity index (χ0n) is 10.1. The molecule has 1 unspecified atom stereocenters. The van der Waals surface area contributed by atoms with E-state index < -0.39 is 0 Å². The predicted molar refractivity (Wildman–Crippen MR) is 62.3 cm³/mol. The molecule has 0 radical (unpaired) electrons. The van der Waals surface area contributed by atoms with Gasteiger partial charge in [0.05, 0.1) is 0 Å². The third-order valence-electron chi connectivity index (χ3n) is 3.63. The average Bonchev–Trinajstić information content (AvgIpc) is 2.97. The standard InChI is InChI=1S/C12H26N2/c1-4-5-8-14(3)12(2,10-13)9-11-6-7-11/h11H,4-10,13H2,1-3H3. The van der Waals surface area contributed by atoms with E-state index in [0.29, 0.717) is 0 Å². The molecular weight excluding hydrogens is 172 g/mol. The molecule has 84 valence electrons. The Morgan fingerprint density at radius 2 is 2.07 bits per heavy atom.